The molecule has 0 saturated carbocycles. The second-order valence-corrected chi connectivity index (χ2v) is 9.90. The number of nitriles is 1. The van der Waals surface area contributed by atoms with Gasteiger partial charge in [0.1, 0.15) is 24.3 Å². The Hall–Kier alpha value is -4.00. The molecule has 2 aliphatic heterocycles. The fourth-order valence-electron chi connectivity index (χ4n) is 5.01. The van der Waals surface area contributed by atoms with Crippen LogP contribution >= 0.6 is 0 Å². The van der Waals surface area contributed by atoms with E-state index in [2.05, 4.69) is 50.5 Å². The molecule has 38 heavy (non-hydrogen) atoms. The number of nitrogens with zero attached hydrogens (tertiary/aromatic N) is 7. The van der Waals surface area contributed by atoms with Gasteiger partial charge in [-0.15, -0.1) is 0 Å². The van der Waals surface area contributed by atoms with Gasteiger partial charge in [0.15, 0.2) is 0 Å². The lowest BCUT2D eigenvalue weighted by molar-refractivity contribution is -0.0592. The van der Waals surface area contributed by atoms with E-state index >= 15 is 0 Å². The Balaban J connectivity index is 1.08. The van der Waals surface area contributed by atoms with Crippen molar-refractivity contribution < 1.29 is 9.47 Å². The van der Waals surface area contributed by atoms with Gasteiger partial charge in [0.25, 0.3) is 0 Å². The van der Waals surface area contributed by atoms with Gasteiger partial charge in [-0.25, -0.2) is 4.98 Å². The number of fused-ring (bicyclic) bond motifs is 1. The number of aryl methyl sites for hydroxylation is 1. The minimum absolute atomic E-state index is 0.289. The van der Waals surface area contributed by atoms with Crippen molar-refractivity contribution in [2.45, 2.75) is 39.1 Å². The van der Waals surface area contributed by atoms with Crippen LogP contribution in [-0.4, -0.2) is 63.3 Å². The Morgan fingerprint density at radius 3 is 2.63 bits per heavy atom. The van der Waals surface area contributed by atoms with Gasteiger partial charge in [-0.2, -0.15) is 10.2 Å². The summed E-state index contributed by atoms with van der Waals surface area (Å²) in [4.78, 5) is 18.8. The minimum Gasteiger partial charge on any atom is -0.471 e. The zero-order chi connectivity index (χ0) is 25.9. The number of aromatic nitrogens is 4. The maximum absolute atomic E-state index is 8.93. The molecule has 3 aromatic heterocycles. The number of rotatable bonds is 8. The number of piperazine rings is 1. The number of para-hydroxylation sites is 1. The van der Waals surface area contributed by atoms with E-state index in [1.54, 1.807) is 18.3 Å². The van der Waals surface area contributed by atoms with Crippen LogP contribution < -0.4 is 9.64 Å². The van der Waals surface area contributed by atoms with Crippen LogP contribution in [0.4, 0.5) is 5.82 Å². The van der Waals surface area contributed by atoms with Crippen molar-refractivity contribution in [3.63, 3.8) is 0 Å². The summed E-state index contributed by atoms with van der Waals surface area (Å²) in [6.07, 6.45) is 2.96. The molecule has 0 unspecified atom stereocenters. The molecule has 0 amide bonds. The summed E-state index contributed by atoms with van der Waals surface area (Å²) >= 11 is 0. The summed E-state index contributed by atoms with van der Waals surface area (Å²) in [5, 5.41) is 8.93. The lowest BCUT2D eigenvalue weighted by Crippen LogP contribution is -2.46. The van der Waals surface area contributed by atoms with Crippen molar-refractivity contribution in [3.05, 3.63) is 77.4 Å². The molecule has 0 spiro atoms. The van der Waals surface area contributed by atoms with Crippen LogP contribution in [0.2, 0.25) is 0 Å². The topological polar surface area (TPSA) is 92.3 Å². The molecule has 0 radical (unpaired) electrons. The maximum atomic E-state index is 8.93. The highest BCUT2D eigenvalue weighted by Gasteiger charge is 2.25. The van der Waals surface area contributed by atoms with Crippen LogP contribution in [0.1, 0.15) is 29.1 Å². The zero-order valence-electron chi connectivity index (χ0n) is 21.6. The molecule has 9 nitrogen and oxygen atoms in total. The third kappa shape index (κ3) is 5.19. The number of hydrogen-bond donors (Lipinski definition) is 0. The number of imidazole rings is 1. The largest absolute Gasteiger partial charge is 0.471 e. The quantitative estimate of drug-likeness (QED) is 0.355. The molecule has 0 bridgehead atoms. The van der Waals surface area contributed by atoms with Gasteiger partial charge in [0.2, 0.25) is 5.88 Å². The second-order valence-electron chi connectivity index (χ2n) is 9.90. The van der Waals surface area contributed by atoms with Crippen LogP contribution in [0, 0.1) is 18.3 Å². The van der Waals surface area contributed by atoms with Gasteiger partial charge < -0.3 is 18.9 Å². The van der Waals surface area contributed by atoms with Crippen molar-refractivity contribution in [2.24, 2.45) is 0 Å². The summed E-state index contributed by atoms with van der Waals surface area (Å²) in [6, 6.07) is 17.9. The van der Waals surface area contributed by atoms with E-state index in [9.17, 15) is 0 Å². The average molecular weight is 510 g/mol. The molecule has 194 valence electrons. The van der Waals surface area contributed by atoms with Crippen molar-refractivity contribution in [3.8, 4) is 11.9 Å². The molecule has 5 heterocycles. The van der Waals surface area contributed by atoms with Crippen LogP contribution in [0.25, 0.3) is 11.0 Å². The van der Waals surface area contributed by atoms with Gasteiger partial charge in [-0.1, -0.05) is 18.2 Å². The Morgan fingerprint density at radius 1 is 1.05 bits per heavy atom. The summed E-state index contributed by atoms with van der Waals surface area (Å²) < 4.78 is 14.0. The van der Waals surface area contributed by atoms with Gasteiger partial charge in [0, 0.05) is 45.0 Å². The minimum atomic E-state index is 0.289. The van der Waals surface area contributed by atoms with E-state index in [0.29, 0.717) is 18.1 Å². The standard InChI is InChI=1S/C29H31N7O2/c1-21-4-2-5-25-29(21)33-27(36(25)18-24-10-15-37-24)19-34-11-13-35(14-12-34)26-6-3-7-28(32-26)38-20-23-9-8-22(16-30)17-31-23/h2-9,17,24H,10-15,18-20H2,1H3/t24-/m0/s1. The molecular weight excluding hydrogens is 478 g/mol. The monoisotopic (exact) mass is 509 g/mol. The molecule has 9 heteroatoms. The Bertz CT molecular complexity index is 1450. The molecule has 1 atom stereocenters. The molecule has 6 rings (SSSR count). The third-order valence-corrected chi connectivity index (χ3v) is 7.33. The maximum Gasteiger partial charge on any atom is 0.215 e. The SMILES string of the molecule is Cc1cccc2c1nc(CN1CCN(c3cccc(OCc4ccc(C#N)cn4)n3)CC1)n2C[C@@H]1CCO1. The summed E-state index contributed by atoms with van der Waals surface area (Å²) in [6.45, 7) is 8.63. The molecule has 2 fully saturated rings. The van der Waals surface area contributed by atoms with Crippen molar-refractivity contribution in [1.29, 1.82) is 5.26 Å². The summed E-state index contributed by atoms with van der Waals surface area (Å²) in [5.74, 6) is 2.60. The summed E-state index contributed by atoms with van der Waals surface area (Å²) in [7, 11) is 0. The Morgan fingerprint density at radius 2 is 1.89 bits per heavy atom. The highest BCUT2D eigenvalue weighted by Crippen LogP contribution is 2.25. The molecule has 1 aromatic carbocycles. The highest BCUT2D eigenvalue weighted by atomic mass is 16.5. The predicted octanol–water partition coefficient (Wildman–Crippen LogP) is 3.70. The molecule has 0 aliphatic carbocycles. The Labute approximate surface area is 222 Å². The second kappa shape index (κ2) is 10.8. The molecule has 2 aliphatic rings. The number of hydrogen-bond acceptors (Lipinski definition) is 8. The average Bonchev–Trinajstić information content (AvgIpc) is 3.28. The first-order valence-electron chi connectivity index (χ1n) is 13.1. The van der Waals surface area contributed by atoms with E-state index < -0.39 is 0 Å². The van der Waals surface area contributed by atoms with Crippen LogP contribution in [0.5, 0.6) is 5.88 Å². The van der Waals surface area contributed by atoms with Crippen LogP contribution in [-0.2, 0) is 24.4 Å². The van der Waals surface area contributed by atoms with E-state index in [-0.39, 0.29) is 6.10 Å². The zero-order valence-corrected chi connectivity index (χ0v) is 21.6. The highest BCUT2D eigenvalue weighted by molar-refractivity contribution is 5.79. The fourth-order valence-corrected chi connectivity index (χ4v) is 5.01. The van der Waals surface area contributed by atoms with Gasteiger partial charge >= 0.3 is 0 Å². The summed E-state index contributed by atoms with van der Waals surface area (Å²) in [5.41, 5.74) is 4.80. The number of ether oxygens (including phenoxy) is 2. The fraction of sp³-hybridized carbons (Fsp3) is 0.379. The third-order valence-electron chi connectivity index (χ3n) is 7.33. The molecule has 2 saturated heterocycles. The van der Waals surface area contributed by atoms with Crippen LogP contribution in [0.15, 0.2) is 54.7 Å². The smallest absolute Gasteiger partial charge is 0.215 e. The van der Waals surface area contributed by atoms with Gasteiger partial charge in [0.05, 0.1) is 41.5 Å². The van der Waals surface area contributed by atoms with Gasteiger partial charge in [-0.05, 0) is 43.2 Å². The van der Waals surface area contributed by atoms with Crippen molar-refractivity contribution >= 4 is 16.9 Å². The van der Waals surface area contributed by atoms with Crippen molar-refractivity contribution in [1.82, 2.24) is 24.4 Å². The predicted molar refractivity (Wildman–Crippen MR) is 144 cm³/mol. The first-order valence-corrected chi connectivity index (χ1v) is 13.1. The molecular formula is C29H31N7O2. The lowest BCUT2D eigenvalue weighted by atomic mass is 10.1. The van der Waals surface area contributed by atoms with Crippen LogP contribution in [0.3, 0.4) is 0 Å². The van der Waals surface area contributed by atoms with E-state index in [1.807, 2.05) is 18.2 Å². The molecule has 4 aromatic rings. The normalized spacial score (nSPS) is 17.8. The Kier molecular flexibility index (Phi) is 6.90. The van der Waals surface area contributed by atoms with Crippen molar-refractivity contribution in [2.75, 3.05) is 37.7 Å². The first-order chi connectivity index (χ1) is 18.7. The van der Waals surface area contributed by atoms with E-state index in [1.165, 1.54) is 11.1 Å². The number of benzene rings is 1. The van der Waals surface area contributed by atoms with E-state index in [0.717, 1.165) is 75.1 Å². The first kappa shape index (κ1) is 24.3. The molecule has 0 N–H and O–H groups in total. The van der Waals surface area contributed by atoms with Gasteiger partial charge in [-0.3, -0.25) is 9.88 Å². The number of pyridine rings is 2. The van der Waals surface area contributed by atoms with E-state index in [4.69, 9.17) is 24.7 Å². The lowest BCUT2D eigenvalue weighted by Gasteiger charge is -2.35. The number of anilines is 1.